The van der Waals surface area contributed by atoms with Crippen LogP contribution in [0.15, 0.2) is 22.6 Å². The predicted octanol–water partition coefficient (Wildman–Crippen LogP) is 4.35. The fourth-order valence-corrected chi connectivity index (χ4v) is 2.11. The Hall–Kier alpha value is -0.990. The topological polar surface area (TPSA) is 26.0 Å². The number of oxazole rings is 1. The van der Waals surface area contributed by atoms with Crippen molar-refractivity contribution in [3.8, 4) is 11.5 Å². The normalized spacial score (nSPS) is 10.8. The van der Waals surface area contributed by atoms with Crippen LogP contribution in [-0.2, 0) is 5.88 Å². The molecule has 0 amide bonds. The first-order chi connectivity index (χ1) is 7.63. The van der Waals surface area contributed by atoms with Crippen molar-refractivity contribution in [1.29, 1.82) is 0 Å². The third-order valence-electron chi connectivity index (χ3n) is 2.46. The van der Waals surface area contributed by atoms with Gasteiger partial charge in [-0.1, -0.05) is 23.7 Å². The Morgan fingerprint density at radius 2 is 2.06 bits per heavy atom. The lowest BCUT2D eigenvalue weighted by molar-refractivity contribution is 0.540. The molecule has 1 heterocycles. The molecule has 84 valence electrons. The van der Waals surface area contributed by atoms with E-state index in [4.69, 9.17) is 27.6 Å². The van der Waals surface area contributed by atoms with Gasteiger partial charge in [0, 0.05) is 0 Å². The number of aryl methyl sites for hydroxylation is 2. The molecule has 0 aliphatic rings. The molecule has 2 nitrogen and oxygen atoms in total. The number of nitrogens with zero attached hydrogens (tertiary/aromatic N) is 1. The van der Waals surface area contributed by atoms with Crippen molar-refractivity contribution in [3.63, 3.8) is 0 Å². The third kappa shape index (κ3) is 1.95. The molecule has 0 N–H and O–H groups in total. The number of halogens is 2. The summed E-state index contributed by atoms with van der Waals surface area (Å²) >= 11 is 11.9. The summed E-state index contributed by atoms with van der Waals surface area (Å²) in [4.78, 5) is 4.34. The molecule has 0 atom stereocenters. The summed E-state index contributed by atoms with van der Waals surface area (Å²) in [6.45, 7) is 3.82. The van der Waals surface area contributed by atoms with E-state index in [-0.39, 0.29) is 0 Å². The van der Waals surface area contributed by atoms with Crippen molar-refractivity contribution in [1.82, 2.24) is 4.98 Å². The van der Waals surface area contributed by atoms with Crippen LogP contribution in [0.5, 0.6) is 0 Å². The van der Waals surface area contributed by atoms with Gasteiger partial charge in [-0.3, -0.25) is 0 Å². The summed E-state index contributed by atoms with van der Waals surface area (Å²) in [5.41, 5.74) is 2.63. The van der Waals surface area contributed by atoms with Crippen LogP contribution in [-0.4, -0.2) is 4.98 Å². The zero-order valence-electron chi connectivity index (χ0n) is 9.05. The van der Waals surface area contributed by atoms with Crippen molar-refractivity contribution >= 4 is 23.2 Å². The quantitative estimate of drug-likeness (QED) is 0.746. The van der Waals surface area contributed by atoms with E-state index >= 15 is 0 Å². The van der Waals surface area contributed by atoms with Crippen molar-refractivity contribution in [2.75, 3.05) is 0 Å². The lowest BCUT2D eigenvalue weighted by Gasteiger charge is -2.02. The minimum absolute atomic E-state index is 0.346. The van der Waals surface area contributed by atoms with Gasteiger partial charge >= 0.3 is 0 Å². The molecule has 0 aliphatic heterocycles. The first-order valence-corrected chi connectivity index (χ1v) is 5.82. The van der Waals surface area contributed by atoms with E-state index in [0.717, 1.165) is 22.6 Å². The molecule has 2 rings (SSSR count). The monoisotopic (exact) mass is 255 g/mol. The second-order valence-electron chi connectivity index (χ2n) is 3.59. The second-order valence-corrected chi connectivity index (χ2v) is 4.26. The largest absolute Gasteiger partial charge is 0.441 e. The zero-order chi connectivity index (χ0) is 11.7. The van der Waals surface area contributed by atoms with Gasteiger partial charge in [0.05, 0.1) is 22.2 Å². The molecule has 1 aromatic carbocycles. The summed E-state index contributed by atoms with van der Waals surface area (Å²) in [6, 6.07) is 5.70. The number of hydrogen-bond donors (Lipinski definition) is 0. The Kier molecular flexibility index (Phi) is 3.22. The van der Waals surface area contributed by atoms with E-state index < -0.39 is 0 Å². The van der Waals surface area contributed by atoms with Gasteiger partial charge in [0.25, 0.3) is 0 Å². The van der Waals surface area contributed by atoms with Crippen LogP contribution < -0.4 is 0 Å². The van der Waals surface area contributed by atoms with Gasteiger partial charge in [0.15, 0.2) is 0 Å². The Bertz CT molecular complexity index is 499. The standard InChI is InChI=1S/C12H11Cl2NO/c1-7-4-3-5-9(14)11(7)12-15-10(6-13)8(2)16-12/h3-5H,6H2,1-2H3. The van der Waals surface area contributed by atoms with Crippen LogP contribution in [0.4, 0.5) is 0 Å². The van der Waals surface area contributed by atoms with Crippen molar-refractivity contribution in [2.24, 2.45) is 0 Å². The summed E-state index contributed by atoms with van der Waals surface area (Å²) in [6.07, 6.45) is 0. The van der Waals surface area contributed by atoms with Gasteiger partial charge in [-0.15, -0.1) is 11.6 Å². The summed E-state index contributed by atoms with van der Waals surface area (Å²) in [7, 11) is 0. The first kappa shape index (κ1) is 11.5. The molecule has 0 fully saturated rings. The van der Waals surface area contributed by atoms with Crippen LogP contribution in [0.1, 0.15) is 17.0 Å². The van der Waals surface area contributed by atoms with Gasteiger partial charge in [0.2, 0.25) is 5.89 Å². The molecule has 2 aromatic rings. The van der Waals surface area contributed by atoms with Crippen molar-refractivity contribution in [2.45, 2.75) is 19.7 Å². The third-order valence-corrected chi connectivity index (χ3v) is 3.02. The fraction of sp³-hybridized carbons (Fsp3) is 0.250. The molecule has 0 radical (unpaired) electrons. The van der Waals surface area contributed by atoms with Crippen LogP contribution in [0.3, 0.4) is 0 Å². The van der Waals surface area contributed by atoms with Gasteiger partial charge in [-0.05, 0) is 25.5 Å². The van der Waals surface area contributed by atoms with E-state index in [2.05, 4.69) is 4.98 Å². The average Bonchev–Trinajstić information content (AvgIpc) is 2.59. The first-order valence-electron chi connectivity index (χ1n) is 4.91. The zero-order valence-corrected chi connectivity index (χ0v) is 10.6. The Balaban J connectivity index is 2.58. The van der Waals surface area contributed by atoms with E-state index in [1.165, 1.54) is 0 Å². The van der Waals surface area contributed by atoms with Gasteiger partial charge in [-0.2, -0.15) is 0 Å². The minimum atomic E-state index is 0.346. The van der Waals surface area contributed by atoms with Crippen molar-refractivity contribution in [3.05, 3.63) is 40.2 Å². The van der Waals surface area contributed by atoms with E-state index in [9.17, 15) is 0 Å². The number of hydrogen-bond acceptors (Lipinski definition) is 2. The number of alkyl halides is 1. The molecular formula is C12H11Cl2NO. The maximum absolute atomic E-state index is 6.14. The van der Waals surface area contributed by atoms with E-state index in [0.29, 0.717) is 16.8 Å². The average molecular weight is 256 g/mol. The number of benzene rings is 1. The summed E-state index contributed by atoms with van der Waals surface area (Å²) in [5.74, 6) is 1.62. The summed E-state index contributed by atoms with van der Waals surface area (Å²) < 4.78 is 5.57. The molecule has 4 heteroatoms. The Morgan fingerprint density at radius 1 is 1.31 bits per heavy atom. The Morgan fingerprint density at radius 3 is 2.62 bits per heavy atom. The number of aromatic nitrogens is 1. The van der Waals surface area contributed by atoms with Gasteiger partial charge in [0.1, 0.15) is 5.76 Å². The smallest absolute Gasteiger partial charge is 0.228 e. The highest BCUT2D eigenvalue weighted by atomic mass is 35.5. The molecule has 16 heavy (non-hydrogen) atoms. The van der Waals surface area contributed by atoms with E-state index in [1.807, 2.05) is 32.0 Å². The lowest BCUT2D eigenvalue weighted by atomic mass is 10.1. The van der Waals surface area contributed by atoms with Crippen LogP contribution >= 0.6 is 23.2 Å². The maximum atomic E-state index is 6.14. The summed E-state index contributed by atoms with van der Waals surface area (Å²) in [5, 5.41) is 0.641. The van der Waals surface area contributed by atoms with Gasteiger partial charge in [-0.25, -0.2) is 4.98 Å². The molecule has 0 unspecified atom stereocenters. The lowest BCUT2D eigenvalue weighted by Crippen LogP contribution is -1.85. The molecular weight excluding hydrogens is 245 g/mol. The molecule has 0 saturated carbocycles. The minimum Gasteiger partial charge on any atom is -0.441 e. The SMILES string of the molecule is Cc1cccc(Cl)c1-c1nc(CCl)c(C)o1. The molecule has 0 spiro atoms. The maximum Gasteiger partial charge on any atom is 0.228 e. The molecule has 0 saturated heterocycles. The fourth-order valence-electron chi connectivity index (χ4n) is 1.56. The van der Waals surface area contributed by atoms with Gasteiger partial charge < -0.3 is 4.42 Å². The molecule has 1 aromatic heterocycles. The van der Waals surface area contributed by atoms with Crippen molar-refractivity contribution < 1.29 is 4.42 Å². The van der Waals surface area contributed by atoms with Crippen LogP contribution in [0, 0.1) is 13.8 Å². The highest BCUT2D eigenvalue weighted by Crippen LogP contribution is 2.31. The molecule has 0 aliphatic carbocycles. The van der Waals surface area contributed by atoms with E-state index in [1.54, 1.807) is 0 Å². The number of rotatable bonds is 2. The second kappa shape index (κ2) is 4.48. The van der Waals surface area contributed by atoms with Crippen LogP contribution in [0.25, 0.3) is 11.5 Å². The highest BCUT2D eigenvalue weighted by molar-refractivity contribution is 6.33. The Labute approximate surface area is 104 Å². The predicted molar refractivity (Wildman–Crippen MR) is 66.0 cm³/mol. The van der Waals surface area contributed by atoms with Crippen LogP contribution in [0.2, 0.25) is 5.02 Å². The molecule has 0 bridgehead atoms. The highest BCUT2D eigenvalue weighted by Gasteiger charge is 2.15.